The number of nitrogens with zero attached hydrogens (tertiary/aromatic N) is 2. The standard InChI is InChI=1S/C22H29N3O/c1-15-11-20(18-9-7-6-8-10-18)25(14-15)22(26)23-21-16(2)12-19(24(4)5)13-17(21)3/h6-10,12-13,15,20H,11,14H2,1-5H3,(H,23,26). The van der Waals surface area contributed by atoms with Gasteiger partial charge < -0.3 is 15.1 Å². The number of aryl methyl sites for hydroxylation is 2. The van der Waals surface area contributed by atoms with Crippen LogP contribution in [0.4, 0.5) is 16.2 Å². The van der Waals surface area contributed by atoms with Crippen LogP contribution in [0.5, 0.6) is 0 Å². The van der Waals surface area contributed by atoms with Gasteiger partial charge in [0, 0.05) is 32.0 Å². The third kappa shape index (κ3) is 3.69. The molecule has 1 aliphatic rings. The zero-order valence-corrected chi connectivity index (χ0v) is 16.4. The molecule has 4 nitrogen and oxygen atoms in total. The van der Waals surface area contributed by atoms with E-state index in [1.807, 2.05) is 37.2 Å². The molecule has 0 bridgehead atoms. The second-order valence-corrected chi connectivity index (χ2v) is 7.70. The first-order valence-corrected chi connectivity index (χ1v) is 9.28. The largest absolute Gasteiger partial charge is 0.378 e. The monoisotopic (exact) mass is 351 g/mol. The van der Waals surface area contributed by atoms with Crippen molar-refractivity contribution in [3.63, 3.8) is 0 Å². The molecule has 4 heteroatoms. The van der Waals surface area contributed by atoms with Crippen molar-refractivity contribution < 1.29 is 4.79 Å². The number of rotatable bonds is 3. The van der Waals surface area contributed by atoms with E-state index in [1.54, 1.807) is 0 Å². The number of benzene rings is 2. The van der Waals surface area contributed by atoms with Crippen LogP contribution in [-0.4, -0.2) is 31.6 Å². The number of carbonyl (C=O) groups is 1. The Morgan fingerprint density at radius 1 is 1.12 bits per heavy atom. The van der Waals surface area contributed by atoms with Crippen LogP contribution in [0.3, 0.4) is 0 Å². The smallest absolute Gasteiger partial charge is 0.322 e. The SMILES string of the molecule is Cc1cc(N(C)C)cc(C)c1NC(=O)N1CC(C)CC1c1ccccc1. The third-order valence-corrected chi connectivity index (χ3v) is 5.22. The van der Waals surface area contributed by atoms with Crippen molar-refractivity contribution in [2.75, 3.05) is 30.9 Å². The maximum absolute atomic E-state index is 13.1. The molecular formula is C22H29N3O. The molecule has 1 aliphatic heterocycles. The Morgan fingerprint density at radius 3 is 2.31 bits per heavy atom. The quantitative estimate of drug-likeness (QED) is 0.846. The van der Waals surface area contributed by atoms with E-state index in [-0.39, 0.29) is 12.1 Å². The minimum atomic E-state index is -0.00740. The molecule has 2 atom stereocenters. The Kier molecular flexibility index (Phi) is 5.21. The molecule has 26 heavy (non-hydrogen) atoms. The second-order valence-electron chi connectivity index (χ2n) is 7.70. The summed E-state index contributed by atoms with van der Waals surface area (Å²) in [5, 5.41) is 3.18. The Labute approximate surface area is 156 Å². The Bertz CT molecular complexity index is 762. The predicted octanol–water partition coefficient (Wildman–Crippen LogP) is 4.98. The van der Waals surface area contributed by atoms with Crippen LogP contribution < -0.4 is 10.2 Å². The van der Waals surface area contributed by atoms with Crippen LogP contribution >= 0.6 is 0 Å². The Hall–Kier alpha value is -2.49. The molecule has 2 aromatic carbocycles. The number of carbonyl (C=O) groups excluding carboxylic acids is 1. The van der Waals surface area contributed by atoms with E-state index in [2.05, 4.69) is 55.3 Å². The number of hydrogen-bond donors (Lipinski definition) is 1. The first-order chi connectivity index (χ1) is 12.4. The lowest BCUT2D eigenvalue weighted by atomic mass is 10.0. The van der Waals surface area contributed by atoms with E-state index in [0.29, 0.717) is 5.92 Å². The van der Waals surface area contributed by atoms with Crippen molar-refractivity contribution in [1.82, 2.24) is 4.90 Å². The van der Waals surface area contributed by atoms with Crippen molar-refractivity contribution in [3.05, 3.63) is 59.2 Å². The highest BCUT2D eigenvalue weighted by Gasteiger charge is 2.34. The average Bonchev–Trinajstić information content (AvgIpc) is 3.00. The van der Waals surface area contributed by atoms with E-state index in [4.69, 9.17) is 0 Å². The summed E-state index contributed by atoms with van der Waals surface area (Å²) in [4.78, 5) is 17.1. The van der Waals surface area contributed by atoms with Crippen molar-refractivity contribution >= 4 is 17.4 Å². The van der Waals surface area contributed by atoms with E-state index in [1.165, 1.54) is 5.56 Å². The fraction of sp³-hybridized carbons (Fsp3) is 0.409. The van der Waals surface area contributed by atoms with Gasteiger partial charge in [-0.1, -0.05) is 37.3 Å². The molecule has 0 aromatic heterocycles. The summed E-state index contributed by atoms with van der Waals surface area (Å²) in [6, 6.07) is 14.7. The molecule has 1 fully saturated rings. The summed E-state index contributed by atoms with van der Waals surface area (Å²) in [6.07, 6.45) is 1.01. The van der Waals surface area contributed by atoms with Gasteiger partial charge >= 0.3 is 6.03 Å². The summed E-state index contributed by atoms with van der Waals surface area (Å²) in [5.74, 6) is 0.504. The Morgan fingerprint density at radius 2 is 1.73 bits per heavy atom. The zero-order valence-electron chi connectivity index (χ0n) is 16.4. The molecule has 1 N–H and O–H groups in total. The van der Waals surface area contributed by atoms with Crippen molar-refractivity contribution in [2.45, 2.75) is 33.2 Å². The van der Waals surface area contributed by atoms with E-state index >= 15 is 0 Å². The zero-order chi connectivity index (χ0) is 18.8. The summed E-state index contributed by atoms with van der Waals surface area (Å²) < 4.78 is 0. The van der Waals surface area contributed by atoms with Gasteiger partial charge in [-0.3, -0.25) is 0 Å². The number of nitrogens with one attached hydrogen (secondary N) is 1. The van der Waals surface area contributed by atoms with Crippen LogP contribution in [0.1, 0.15) is 36.1 Å². The normalized spacial score (nSPS) is 19.5. The second kappa shape index (κ2) is 7.40. The molecule has 3 rings (SSSR count). The molecule has 1 heterocycles. The van der Waals surface area contributed by atoms with Gasteiger partial charge in [-0.2, -0.15) is 0 Å². The number of anilines is 2. The Balaban J connectivity index is 1.83. The van der Waals surface area contributed by atoms with Gasteiger partial charge in [0.1, 0.15) is 0 Å². The topological polar surface area (TPSA) is 35.6 Å². The molecule has 0 aliphatic carbocycles. The average molecular weight is 351 g/mol. The fourth-order valence-corrected chi connectivity index (χ4v) is 3.84. The third-order valence-electron chi connectivity index (χ3n) is 5.22. The van der Waals surface area contributed by atoms with E-state index < -0.39 is 0 Å². The lowest BCUT2D eigenvalue weighted by molar-refractivity contribution is 0.206. The minimum Gasteiger partial charge on any atom is -0.378 e. The fourth-order valence-electron chi connectivity index (χ4n) is 3.84. The summed E-state index contributed by atoms with van der Waals surface area (Å²) in [7, 11) is 4.06. The first-order valence-electron chi connectivity index (χ1n) is 9.28. The maximum atomic E-state index is 13.1. The number of hydrogen-bond acceptors (Lipinski definition) is 2. The molecule has 2 amide bonds. The molecule has 0 saturated carbocycles. The van der Waals surface area contributed by atoms with Crippen molar-refractivity contribution in [3.8, 4) is 0 Å². The lowest BCUT2D eigenvalue weighted by Crippen LogP contribution is -2.35. The number of urea groups is 1. The summed E-state index contributed by atoms with van der Waals surface area (Å²) >= 11 is 0. The van der Waals surface area contributed by atoms with Gasteiger partial charge in [0.25, 0.3) is 0 Å². The van der Waals surface area contributed by atoms with Crippen LogP contribution in [0.25, 0.3) is 0 Å². The highest BCUT2D eigenvalue weighted by Crippen LogP contribution is 2.36. The molecule has 1 saturated heterocycles. The van der Waals surface area contributed by atoms with Crippen LogP contribution in [0.2, 0.25) is 0 Å². The van der Waals surface area contributed by atoms with Gasteiger partial charge in [0.15, 0.2) is 0 Å². The first kappa shape index (κ1) is 18.3. The maximum Gasteiger partial charge on any atom is 0.322 e. The number of likely N-dealkylation sites (tertiary alicyclic amines) is 1. The molecule has 2 unspecified atom stereocenters. The van der Waals surface area contributed by atoms with Gasteiger partial charge in [-0.05, 0) is 55.0 Å². The highest BCUT2D eigenvalue weighted by atomic mass is 16.2. The van der Waals surface area contributed by atoms with Crippen molar-refractivity contribution in [2.24, 2.45) is 5.92 Å². The van der Waals surface area contributed by atoms with Gasteiger partial charge in [-0.15, -0.1) is 0 Å². The molecule has 2 aromatic rings. The molecule has 0 radical (unpaired) electrons. The summed E-state index contributed by atoms with van der Waals surface area (Å²) in [5.41, 5.74) is 5.46. The van der Waals surface area contributed by atoms with Crippen LogP contribution in [-0.2, 0) is 0 Å². The van der Waals surface area contributed by atoms with Gasteiger partial charge in [0.2, 0.25) is 0 Å². The van der Waals surface area contributed by atoms with Gasteiger partial charge in [-0.25, -0.2) is 4.79 Å². The lowest BCUT2D eigenvalue weighted by Gasteiger charge is -2.26. The highest BCUT2D eigenvalue weighted by molar-refractivity contribution is 5.92. The minimum absolute atomic E-state index is 0.00740. The molecule has 138 valence electrons. The number of amides is 2. The van der Waals surface area contributed by atoms with Crippen LogP contribution in [0.15, 0.2) is 42.5 Å². The van der Waals surface area contributed by atoms with E-state index in [0.717, 1.165) is 35.5 Å². The van der Waals surface area contributed by atoms with E-state index in [9.17, 15) is 4.79 Å². The van der Waals surface area contributed by atoms with Crippen molar-refractivity contribution in [1.29, 1.82) is 0 Å². The van der Waals surface area contributed by atoms with Gasteiger partial charge in [0.05, 0.1) is 6.04 Å². The van der Waals surface area contributed by atoms with Crippen LogP contribution in [0, 0.1) is 19.8 Å². The molecule has 0 spiro atoms. The summed E-state index contributed by atoms with van der Waals surface area (Å²) in [6.45, 7) is 7.11. The predicted molar refractivity (Wildman–Crippen MR) is 109 cm³/mol. The molecular weight excluding hydrogens is 322 g/mol.